The summed E-state index contributed by atoms with van der Waals surface area (Å²) in [6.07, 6.45) is 2.30. The zero-order chi connectivity index (χ0) is 24.1. The van der Waals surface area contributed by atoms with Crippen LogP contribution in [-0.4, -0.2) is 51.4 Å². The number of benzene rings is 2. The van der Waals surface area contributed by atoms with Crippen molar-refractivity contribution in [2.75, 3.05) is 20.8 Å². The SMILES string of the molecule is COc1ccc(CCn2c(C)cc(C(=O)COc3cccc(-n4cnnn4)c3)c2C)cc1OC. The molecule has 0 N–H and O–H groups in total. The predicted molar refractivity (Wildman–Crippen MR) is 126 cm³/mol. The Hall–Kier alpha value is -4.14. The molecule has 2 aromatic carbocycles. The van der Waals surface area contributed by atoms with Gasteiger partial charge in [-0.2, -0.15) is 0 Å². The third kappa shape index (κ3) is 4.93. The minimum absolute atomic E-state index is 0.0565. The fourth-order valence-electron chi connectivity index (χ4n) is 3.93. The van der Waals surface area contributed by atoms with E-state index >= 15 is 0 Å². The Morgan fingerprint density at radius 2 is 1.82 bits per heavy atom. The molecule has 0 bridgehead atoms. The number of rotatable bonds is 10. The van der Waals surface area contributed by atoms with E-state index in [1.165, 1.54) is 11.0 Å². The molecule has 0 saturated heterocycles. The van der Waals surface area contributed by atoms with Crippen LogP contribution in [0.4, 0.5) is 0 Å². The third-order valence-corrected chi connectivity index (χ3v) is 5.75. The Labute approximate surface area is 197 Å². The maximum atomic E-state index is 12.9. The summed E-state index contributed by atoms with van der Waals surface area (Å²) in [5.41, 5.74) is 4.50. The van der Waals surface area contributed by atoms with Gasteiger partial charge in [0.05, 0.1) is 19.9 Å². The third-order valence-electron chi connectivity index (χ3n) is 5.75. The molecular formula is C25H27N5O4. The number of tetrazole rings is 1. The van der Waals surface area contributed by atoms with Crippen LogP contribution in [0.5, 0.6) is 17.2 Å². The molecular weight excluding hydrogens is 434 g/mol. The van der Waals surface area contributed by atoms with Gasteiger partial charge in [-0.1, -0.05) is 12.1 Å². The summed E-state index contributed by atoms with van der Waals surface area (Å²) >= 11 is 0. The zero-order valence-electron chi connectivity index (χ0n) is 19.7. The van der Waals surface area contributed by atoms with Crippen molar-refractivity contribution in [3.63, 3.8) is 0 Å². The Kier molecular flexibility index (Phi) is 6.91. The first-order valence-corrected chi connectivity index (χ1v) is 10.9. The van der Waals surface area contributed by atoms with Crippen LogP contribution in [0.2, 0.25) is 0 Å². The monoisotopic (exact) mass is 461 g/mol. The van der Waals surface area contributed by atoms with Crippen molar-refractivity contribution >= 4 is 5.78 Å². The molecule has 9 nitrogen and oxygen atoms in total. The average molecular weight is 462 g/mol. The second kappa shape index (κ2) is 10.2. The van der Waals surface area contributed by atoms with Gasteiger partial charge in [0.15, 0.2) is 18.1 Å². The highest BCUT2D eigenvalue weighted by Crippen LogP contribution is 2.28. The van der Waals surface area contributed by atoms with E-state index in [0.717, 1.165) is 35.6 Å². The van der Waals surface area contributed by atoms with Crippen molar-refractivity contribution in [3.05, 3.63) is 77.4 Å². The maximum Gasteiger partial charge on any atom is 0.202 e. The van der Waals surface area contributed by atoms with Gasteiger partial charge in [0, 0.05) is 29.6 Å². The lowest BCUT2D eigenvalue weighted by molar-refractivity contribution is 0.0920. The van der Waals surface area contributed by atoms with Gasteiger partial charge in [-0.25, -0.2) is 4.68 Å². The highest BCUT2D eigenvalue weighted by Gasteiger charge is 2.17. The van der Waals surface area contributed by atoms with Gasteiger partial charge in [0.2, 0.25) is 5.78 Å². The number of ketones is 1. The van der Waals surface area contributed by atoms with Crippen molar-refractivity contribution in [3.8, 4) is 22.9 Å². The van der Waals surface area contributed by atoms with Gasteiger partial charge in [-0.15, -0.1) is 5.10 Å². The summed E-state index contributed by atoms with van der Waals surface area (Å²) in [5, 5.41) is 11.1. The highest BCUT2D eigenvalue weighted by atomic mass is 16.5. The average Bonchev–Trinajstić information content (AvgIpc) is 3.50. The smallest absolute Gasteiger partial charge is 0.202 e. The van der Waals surface area contributed by atoms with Gasteiger partial charge in [0.1, 0.15) is 12.1 Å². The second-order valence-electron chi connectivity index (χ2n) is 7.84. The summed E-state index contributed by atoms with van der Waals surface area (Å²) in [6.45, 7) is 4.66. The van der Waals surface area contributed by atoms with Crippen molar-refractivity contribution in [1.29, 1.82) is 0 Å². The van der Waals surface area contributed by atoms with E-state index in [0.29, 0.717) is 22.8 Å². The summed E-state index contributed by atoms with van der Waals surface area (Å²) < 4.78 is 20.2. The van der Waals surface area contributed by atoms with Crippen LogP contribution >= 0.6 is 0 Å². The fourth-order valence-corrected chi connectivity index (χ4v) is 3.93. The Bertz CT molecular complexity index is 1280. The van der Waals surface area contributed by atoms with Gasteiger partial charge in [-0.05, 0) is 66.6 Å². The molecule has 0 saturated carbocycles. The van der Waals surface area contributed by atoms with E-state index in [4.69, 9.17) is 14.2 Å². The molecule has 0 fully saturated rings. The molecule has 34 heavy (non-hydrogen) atoms. The van der Waals surface area contributed by atoms with Crippen LogP contribution in [0.1, 0.15) is 27.3 Å². The van der Waals surface area contributed by atoms with Gasteiger partial charge in [0.25, 0.3) is 0 Å². The Morgan fingerprint density at radius 3 is 2.56 bits per heavy atom. The standard InChI is InChI=1S/C25H27N5O4/c1-17-12-22(18(2)29(17)11-10-19-8-9-24(32-3)25(13-19)33-4)23(31)15-34-21-7-5-6-20(14-21)30-16-26-27-28-30/h5-9,12-14,16H,10-11,15H2,1-4H3. The van der Waals surface area contributed by atoms with E-state index in [9.17, 15) is 4.79 Å². The van der Waals surface area contributed by atoms with Crippen LogP contribution in [0.25, 0.3) is 5.69 Å². The summed E-state index contributed by atoms with van der Waals surface area (Å²) in [7, 11) is 3.25. The van der Waals surface area contributed by atoms with E-state index in [-0.39, 0.29) is 12.4 Å². The molecule has 2 aromatic heterocycles. The topological polar surface area (TPSA) is 93.3 Å². The van der Waals surface area contributed by atoms with Crippen molar-refractivity contribution in [2.45, 2.75) is 26.8 Å². The predicted octanol–water partition coefficient (Wildman–Crippen LogP) is 3.60. The number of aromatic nitrogens is 5. The maximum absolute atomic E-state index is 12.9. The van der Waals surface area contributed by atoms with E-state index < -0.39 is 0 Å². The normalized spacial score (nSPS) is 10.8. The molecule has 0 spiro atoms. The first-order valence-electron chi connectivity index (χ1n) is 10.9. The summed E-state index contributed by atoms with van der Waals surface area (Å²) in [5.74, 6) is 1.91. The van der Waals surface area contributed by atoms with Crippen LogP contribution in [0.3, 0.4) is 0 Å². The lowest BCUT2D eigenvalue weighted by Crippen LogP contribution is -2.13. The summed E-state index contributed by atoms with van der Waals surface area (Å²) in [6, 6.07) is 15.1. The Balaban J connectivity index is 1.42. The number of hydrogen-bond acceptors (Lipinski definition) is 7. The number of nitrogens with zero attached hydrogens (tertiary/aromatic N) is 5. The van der Waals surface area contributed by atoms with E-state index in [1.54, 1.807) is 26.4 Å². The van der Waals surface area contributed by atoms with Gasteiger partial charge >= 0.3 is 0 Å². The van der Waals surface area contributed by atoms with Crippen molar-refractivity contribution in [1.82, 2.24) is 24.8 Å². The highest BCUT2D eigenvalue weighted by molar-refractivity contribution is 5.98. The molecule has 0 unspecified atom stereocenters. The number of Topliss-reactive ketones (excluding diaryl/α,β-unsaturated/α-hetero) is 1. The molecule has 0 aliphatic carbocycles. The van der Waals surface area contributed by atoms with Crippen LogP contribution in [0.15, 0.2) is 54.9 Å². The minimum Gasteiger partial charge on any atom is -0.493 e. The quantitative estimate of drug-likeness (QED) is 0.333. The summed E-state index contributed by atoms with van der Waals surface area (Å²) in [4.78, 5) is 12.9. The zero-order valence-corrected chi connectivity index (χ0v) is 19.7. The molecule has 9 heteroatoms. The number of carbonyl (C=O) groups excluding carboxylic acids is 1. The molecule has 4 rings (SSSR count). The van der Waals surface area contributed by atoms with E-state index in [2.05, 4.69) is 20.1 Å². The number of ether oxygens (including phenoxy) is 3. The van der Waals surface area contributed by atoms with Crippen molar-refractivity contribution < 1.29 is 19.0 Å². The molecule has 0 aliphatic heterocycles. The number of hydrogen-bond donors (Lipinski definition) is 0. The van der Waals surface area contributed by atoms with Crippen LogP contribution < -0.4 is 14.2 Å². The number of aryl methyl sites for hydroxylation is 2. The molecule has 4 aromatic rings. The number of methoxy groups -OCH3 is 2. The molecule has 0 amide bonds. The number of carbonyl (C=O) groups is 1. The molecule has 2 heterocycles. The Morgan fingerprint density at radius 1 is 1.00 bits per heavy atom. The van der Waals surface area contributed by atoms with E-state index in [1.807, 2.05) is 50.2 Å². The molecule has 0 aliphatic rings. The fraction of sp³-hybridized carbons (Fsp3) is 0.280. The first-order chi connectivity index (χ1) is 16.5. The van der Waals surface area contributed by atoms with Crippen LogP contribution in [0, 0.1) is 13.8 Å². The minimum atomic E-state index is -0.0710. The lowest BCUT2D eigenvalue weighted by atomic mass is 10.1. The van der Waals surface area contributed by atoms with Crippen molar-refractivity contribution in [2.24, 2.45) is 0 Å². The largest absolute Gasteiger partial charge is 0.493 e. The van der Waals surface area contributed by atoms with Crippen LogP contribution in [-0.2, 0) is 13.0 Å². The molecule has 176 valence electrons. The van der Waals surface area contributed by atoms with Gasteiger partial charge in [-0.3, -0.25) is 4.79 Å². The van der Waals surface area contributed by atoms with Gasteiger partial charge < -0.3 is 18.8 Å². The molecule has 0 radical (unpaired) electrons. The lowest BCUT2D eigenvalue weighted by Gasteiger charge is -2.12. The second-order valence-corrected chi connectivity index (χ2v) is 7.84. The first kappa shape index (κ1) is 23.0. The molecule has 0 atom stereocenters.